The molecule has 1 aromatic carbocycles. The molecule has 1 atom stereocenters. The molecule has 0 spiro atoms. The van der Waals surface area contributed by atoms with E-state index in [-0.39, 0.29) is 13.2 Å². The second-order valence-corrected chi connectivity index (χ2v) is 4.68. The molecule has 0 aliphatic carbocycles. The fourth-order valence-corrected chi connectivity index (χ4v) is 1.86. The molecule has 2 rings (SSSR count). The molecular weight excluding hydrogens is 288 g/mol. The van der Waals surface area contributed by atoms with Gasteiger partial charge in [0.2, 0.25) is 5.91 Å². The topological polar surface area (TPSA) is 102 Å². The fourth-order valence-electron chi connectivity index (χ4n) is 1.86. The largest absolute Gasteiger partial charge is 0.479 e. The Morgan fingerprint density at radius 1 is 1.36 bits per heavy atom. The number of nitrogens with zero attached hydrogens (tertiary/aromatic N) is 1. The van der Waals surface area contributed by atoms with E-state index in [1.807, 2.05) is 0 Å². The Hall–Kier alpha value is -2.67. The van der Waals surface area contributed by atoms with Gasteiger partial charge in [0, 0.05) is 6.07 Å². The summed E-state index contributed by atoms with van der Waals surface area (Å²) in [5.74, 6) is -1.15. The zero-order chi connectivity index (χ0) is 15.9. The van der Waals surface area contributed by atoms with Gasteiger partial charge in [0.15, 0.2) is 11.8 Å². The predicted octanol–water partition coefficient (Wildman–Crippen LogP) is 1.44. The highest BCUT2D eigenvalue weighted by molar-refractivity contribution is 5.85. The van der Waals surface area contributed by atoms with Gasteiger partial charge in [-0.05, 0) is 12.5 Å². The molecule has 1 heterocycles. The van der Waals surface area contributed by atoms with E-state index in [9.17, 15) is 14.7 Å². The summed E-state index contributed by atoms with van der Waals surface area (Å²) in [5, 5.41) is 15.3. The molecule has 0 aliphatic heterocycles. The summed E-state index contributed by atoms with van der Waals surface area (Å²) < 4.78 is 10.1. The normalized spacial score (nSPS) is 11.9. The first-order valence-corrected chi connectivity index (χ1v) is 6.63. The smallest absolute Gasteiger partial charge is 0.330 e. The molecule has 2 aromatic rings. The first-order chi connectivity index (χ1) is 10.6. The van der Waals surface area contributed by atoms with Crippen LogP contribution in [0.3, 0.4) is 0 Å². The van der Waals surface area contributed by atoms with Crippen molar-refractivity contribution in [2.45, 2.75) is 19.6 Å². The molecule has 7 nitrogen and oxygen atoms in total. The van der Waals surface area contributed by atoms with E-state index in [0.29, 0.717) is 11.3 Å². The van der Waals surface area contributed by atoms with Gasteiger partial charge in [-0.25, -0.2) is 4.79 Å². The predicted molar refractivity (Wildman–Crippen MR) is 75.9 cm³/mol. The fraction of sp³-hybridized carbons (Fsp3) is 0.267. The molecule has 0 unspecified atom stereocenters. The van der Waals surface area contributed by atoms with Crippen molar-refractivity contribution in [2.24, 2.45) is 0 Å². The lowest BCUT2D eigenvalue weighted by molar-refractivity contribution is -0.142. The second-order valence-electron chi connectivity index (χ2n) is 4.68. The Kier molecular flexibility index (Phi) is 5.26. The van der Waals surface area contributed by atoms with Crippen LogP contribution in [-0.4, -0.2) is 28.7 Å². The molecule has 0 radical (unpaired) electrons. The zero-order valence-electron chi connectivity index (χ0n) is 12.0. The van der Waals surface area contributed by atoms with Crippen LogP contribution in [0.2, 0.25) is 0 Å². The third-order valence-electron chi connectivity index (χ3n) is 2.84. The first-order valence-electron chi connectivity index (χ1n) is 6.63. The van der Waals surface area contributed by atoms with Gasteiger partial charge < -0.3 is 19.7 Å². The Morgan fingerprint density at radius 2 is 2.09 bits per heavy atom. The average molecular weight is 304 g/mol. The standard InChI is InChI=1S/C15H16N2O5/c1-10-7-12(22-17-10)8-21-9-13(18)16-14(15(19)20)11-5-3-2-4-6-11/h2-7,14H,8-9H2,1H3,(H,16,18)(H,19,20)/t14-/m0/s1. The molecule has 2 N–H and O–H groups in total. The summed E-state index contributed by atoms with van der Waals surface area (Å²) in [6, 6.07) is 9.05. The Labute approximate surface area is 126 Å². The van der Waals surface area contributed by atoms with Gasteiger partial charge in [0.1, 0.15) is 13.2 Å². The lowest BCUT2D eigenvalue weighted by Crippen LogP contribution is -2.36. The highest BCUT2D eigenvalue weighted by Gasteiger charge is 2.21. The number of aromatic nitrogens is 1. The molecule has 0 bridgehead atoms. The second kappa shape index (κ2) is 7.37. The number of carboxylic acids is 1. The van der Waals surface area contributed by atoms with Gasteiger partial charge in [-0.2, -0.15) is 0 Å². The molecular formula is C15H16N2O5. The molecule has 0 fully saturated rings. The first kappa shape index (κ1) is 15.7. The van der Waals surface area contributed by atoms with Gasteiger partial charge in [0.05, 0.1) is 5.69 Å². The number of carbonyl (C=O) groups is 2. The minimum atomic E-state index is -1.13. The molecule has 1 amide bonds. The minimum absolute atomic E-state index is 0.0946. The molecule has 0 aliphatic rings. The minimum Gasteiger partial charge on any atom is -0.479 e. The Bertz CT molecular complexity index is 638. The van der Waals surface area contributed by atoms with E-state index in [2.05, 4.69) is 10.5 Å². The van der Waals surface area contributed by atoms with Gasteiger partial charge in [-0.3, -0.25) is 4.79 Å². The van der Waals surface area contributed by atoms with Crippen molar-refractivity contribution in [3.05, 3.63) is 53.4 Å². The maximum atomic E-state index is 11.8. The van der Waals surface area contributed by atoms with Crippen molar-refractivity contribution in [2.75, 3.05) is 6.61 Å². The SMILES string of the molecule is Cc1cc(COCC(=O)N[C@H](C(=O)O)c2ccccc2)on1. The van der Waals surface area contributed by atoms with Gasteiger partial charge in [-0.15, -0.1) is 0 Å². The number of nitrogens with one attached hydrogen (secondary N) is 1. The number of carbonyl (C=O) groups excluding carboxylic acids is 1. The summed E-state index contributed by atoms with van der Waals surface area (Å²) in [5.41, 5.74) is 1.22. The lowest BCUT2D eigenvalue weighted by atomic mass is 10.1. The number of amides is 1. The molecule has 7 heteroatoms. The van der Waals surface area contributed by atoms with Gasteiger partial charge in [0.25, 0.3) is 0 Å². The van der Waals surface area contributed by atoms with E-state index in [1.165, 1.54) is 0 Å². The van der Waals surface area contributed by atoms with Crippen molar-refractivity contribution in [1.29, 1.82) is 0 Å². The van der Waals surface area contributed by atoms with Crippen LogP contribution >= 0.6 is 0 Å². The summed E-state index contributed by atoms with van der Waals surface area (Å²) >= 11 is 0. The van der Waals surface area contributed by atoms with Gasteiger partial charge >= 0.3 is 5.97 Å². The molecule has 0 saturated heterocycles. The number of carboxylic acid groups (broad SMARTS) is 1. The highest BCUT2D eigenvalue weighted by Crippen LogP contribution is 2.12. The van der Waals surface area contributed by atoms with Crippen LogP contribution in [-0.2, 0) is 20.9 Å². The summed E-state index contributed by atoms with van der Waals surface area (Å²) in [4.78, 5) is 23.0. The van der Waals surface area contributed by atoms with Crippen LogP contribution in [0.1, 0.15) is 23.1 Å². The van der Waals surface area contributed by atoms with Crippen LogP contribution in [0.5, 0.6) is 0 Å². The van der Waals surface area contributed by atoms with Crippen molar-refractivity contribution < 1.29 is 24.0 Å². The molecule has 0 saturated carbocycles. The number of aryl methyl sites for hydroxylation is 1. The summed E-state index contributed by atoms with van der Waals surface area (Å²) in [6.45, 7) is 1.60. The van der Waals surface area contributed by atoms with Crippen molar-refractivity contribution in [3.8, 4) is 0 Å². The van der Waals surface area contributed by atoms with E-state index in [1.54, 1.807) is 43.3 Å². The quantitative estimate of drug-likeness (QED) is 0.802. The van der Waals surface area contributed by atoms with Crippen LogP contribution in [0.25, 0.3) is 0 Å². The molecule has 1 aromatic heterocycles. The van der Waals surface area contributed by atoms with Crippen LogP contribution in [0, 0.1) is 6.92 Å². The average Bonchev–Trinajstić information content (AvgIpc) is 2.91. The number of rotatable bonds is 7. The number of aliphatic carboxylic acids is 1. The summed E-state index contributed by atoms with van der Waals surface area (Å²) in [6.07, 6.45) is 0. The van der Waals surface area contributed by atoms with Crippen molar-refractivity contribution >= 4 is 11.9 Å². The third-order valence-corrected chi connectivity index (χ3v) is 2.84. The number of benzene rings is 1. The van der Waals surface area contributed by atoms with Crippen LogP contribution in [0.15, 0.2) is 40.9 Å². The van der Waals surface area contributed by atoms with Crippen molar-refractivity contribution in [3.63, 3.8) is 0 Å². The Balaban J connectivity index is 1.85. The maximum absolute atomic E-state index is 11.8. The zero-order valence-corrected chi connectivity index (χ0v) is 12.0. The maximum Gasteiger partial charge on any atom is 0.330 e. The van der Waals surface area contributed by atoms with E-state index >= 15 is 0 Å². The Morgan fingerprint density at radius 3 is 2.68 bits per heavy atom. The van der Waals surface area contributed by atoms with E-state index < -0.39 is 17.9 Å². The van der Waals surface area contributed by atoms with Crippen molar-refractivity contribution in [1.82, 2.24) is 10.5 Å². The lowest BCUT2D eigenvalue weighted by Gasteiger charge is -2.14. The van der Waals surface area contributed by atoms with Gasteiger partial charge in [-0.1, -0.05) is 35.5 Å². The summed E-state index contributed by atoms with van der Waals surface area (Å²) in [7, 11) is 0. The van der Waals surface area contributed by atoms with Crippen LogP contribution < -0.4 is 5.32 Å². The van der Waals surface area contributed by atoms with E-state index in [4.69, 9.17) is 9.26 Å². The van der Waals surface area contributed by atoms with E-state index in [0.717, 1.165) is 5.69 Å². The molecule has 22 heavy (non-hydrogen) atoms. The highest BCUT2D eigenvalue weighted by atomic mass is 16.5. The number of hydrogen-bond donors (Lipinski definition) is 2. The monoisotopic (exact) mass is 304 g/mol. The number of ether oxygens (including phenoxy) is 1. The molecule has 116 valence electrons. The third kappa shape index (κ3) is 4.42. The number of hydrogen-bond acceptors (Lipinski definition) is 5. The van der Waals surface area contributed by atoms with Crippen LogP contribution in [0.4, 0.5) is 0 Å².